The van der Waals surface area contributed by atoms with E-state index < -0.39 is 0 Å². The second kappa shape index (κ2) is 7.65. The van der Waals surface area contributed by atoms with Gasteiger partial charge in [-0.25, -0.2) is 0 Å². The van der Waals surface area contributed by atoms with Gasteiger partial charge in [0.15, 0.2) is 0 Å². The third kappa shape index (κ3) is 3.14. The average Bonchev–Trinajstić information content (AvgIpc) is 3.43. The van der Waals surface area contributed by atoms with Gasteiger partial charge >= 0.3 is 0 Å². The second-order valence-electron chi connectivity index (χ2n) is 9.00. The van der Waals surface area contributed by atoms with Gasteiger partial charge in [-0.15, -0.1) is 0 Å². The summed E-state index contributed by atoms with van der Waals surface area (Å²) in [6.45, 7) is 4.46. The lowest BCUT2D eigenvalue weighted by atomic mass is 9.87. The van der Waals surface area contributed by atoms with Gasteiger partial charge in [0.1, 0.15) is 0 Å². The molecule has 2 bridgehead atoms. The van der Waals surface area contributed by atoms with Crippen LogP contribution in [0.5, 0.6) is 0 Å². The summed E-state index contributed by atoms with van der Waals surface area (Å²) < 4.78 is 6.14. The van der Waals surface area contributed by atoms with E-state index in [1.54, 1.807) is 0 Å². The fourth-order valence-electron chi connectivity index (χ4n) is 5.52. The molecular weight excluding hydrogens is 390 g/mol. The normalized spacial score (nSPS) is 18.6. The van der Waals surface area contributed by atoms with Crippen LogP contribution in [0.4, 0.5) is 17.1 Å². The van der Waals surface area contributed by atoms with Crippen LogP contribution >= 0.6 is 0 Å². The van der Waals surface area contributed by atoms with E-state index in [1.807, 2.05) is 0 Å². The molecule has 158 valence electrons. The number of nitrogens with zero attached hydrogens (tertiary/aromatic N) is 1. The number of anilines is 3. The molecule has 0 amide bonds. The summed E-state index contributed by atoms with van der Waals surface area (Å²) in [6.07, 6.45) is 2.93. The Bertz CT molecular complexity index is 1220. The van der Waals surface area contributed by atoms with Crippen molar-refractivity contribution in [3.63, 3.8) is 0 Å². The van der Waals surface area contributed by atoms with E-state index in [2.05, 4.69) is 110 Å². The van der Waals surface area contributed by atoms with Crippen LogP contribution in [0.15, 0.2) is 91.0 Å². The van der Waals surface area contributed by atoms with Crippen LogP contribution < -0.4 is 4.90 Å². The summed E-state index contributed by atoms with van der Waals surface area (Å²) in [6, 6.07) is 32.8. The standard InChI is InChI=1S/C30H27NO/c1-20-17-25(31(23-9-5-3-6-10-23)24-11-7-4-8-12-24)18-21(2)30(20)22-13-14-26-27(19-22)29-16-15-28(26)32-29/h3-14,17-19,28-29H,15-16H2,1-2H3. The van der Waals surface area contributed by atoms with E-state index in [9.17, 15) is 0 Å². The molecule has 2 aliphatic heterocycles. The molecule has 2 heterocycles. The molecule has 2 heteroatoms. The highest BCUT2D eigenvalue weighted by molar-refractivity contribution is 5.81. The first-order valence-corrected chi connectivity index (χ1v) is 11.5. The van der Waals surface area contributed by atoms with Gasteiger partial charge in [0.25, 0.3) is 0 Å². The third-order valence-corrected chi connectivity index (χ3v) is 6.89. The molecule has 0 N–H and O–H groups in total. The Morgan fingerprint density at radius 1 is 0.625 bits per heavy atom. The third-order valence-electron chi connectivity index (χ3n) is 6.89. The smallest absolute Gasteiger partial charge is 0.0838 e. The van der Waals surface area contributed by atoms with Crippen LogP contribution in [-0.2, 0) is 4.74 Å². The zero-order chi connectivity index (χ0) is 21.7. The number of fused-ring (bicyclic) bond motifs is 5. The van der Waals surface area contributed by atoms with Crippen molar-refractivity contribution in [2.24, 2.45) is 0 Å². The number of ether oxygens (including phenoxy) is 1. The van der Waals surface area contributed by atoms with Gasteiger partial charge in [0.2, 0.25) is 0 Å². The Labute approximate surface area is 190 Å². The summed E-state index contributed by atoms with van der Waals surface area (Å²) in [7, 11) is 0. The minimum Gasteiger partial charge on any atom is -0.366 e. The zero-order valence-corrected chi connectivity index (χ0v) is 18.6. The van der Waals surface area contributed by atoms with Crippen molar-refractivity contribution in [3.05, 3.63) is 113 Å². The summed E-state index contributed by atoms with van der Waals surface area (Å²) in [5, 5.41) is 0. The van der Waals surface area contributed by atoms with Crippen LogP contribution in [0.3, 0.4) is 0 Å². The second-order valence-corrected chi connectivity index (χ2v) is 9.00. The summed E-state index contributed by atoms with van der Waals surface area (Å²) in [5.41, 5.74) is 11.5. The van der Waals surface area contributed by atoms with E-state index in [1.165, 1.54) is 45.5 Å². The van der Waals surface area contributed by atoms with E-state index in [4.69, 9.17) is 4.74 Å². The van der Waals surface area contributed by atoms with E-state index in [0.717, 1.165) is 17.8 Å². The number of aryl methyl sites for hydroxylation is 2. The summed E-state index contributed by atoms with van der Waals surface area (Å²) in [5.74, 6) is 0. The number of rotatable bonds is 4. The molecule has 0 aromatic heterocycles. The molecule has 2 nitrogen and oxygen atoms in total. The highest BCUT2D eigenvalue weighted by atomic mass is 16.5. The lowest BCUT2D eigenvalue weighted by molar-refractivity contribution is 0.0717. The lowest BCUT2D eigenvalue weighted by Gasteiger charge is -2.27. The molecule has 2 aliphatic rings. The summed E-state index contributed by atoms with van der Waals surface area (Å²) >= 11 is 0. The molecule has 1 saturated heterocycles. The molecule has 0 saturated carbocycles. The first-order valence-electron chi connectivity index (χ1n) is 11.5. The minimum absolute atomic E-state index is 0.293. The van der Waals surface area contributed by atoms with Crippen LogP contribution in [0.1, 0.15) is 47.3 Å². The maximum absolute atomic E-state index is 6.14. The largest absolute Gasteiger partial charge is 0.366 e. The maximum atomic E-state index is 6.14. The molecule has 2 unspecified atom stereocenters. The predicted molar refractivity (Wildman–Crippen MR) is 132 cm³/mol. The topological polar surface area (TPSA) is 12.5 Å². The van der Waals surface area contributed by atoms with Gasteiger partial charge in [0.05, 0.1) is 12.2 Å². The van der Waals surface area contributed by atoms with Gasteiger partial charge in [-0.2, -0.15) is 0 Å². The van der Waals surface area contributed by atoms with Crippen molar-refractivity contribution in [2.75, 3.05) is 4.90 Å². The number of benzene rings is 4. The number of hydrogen-bond donors (Lipinski definition) is 0. The van der Waals surface area contributed by atoms with Crippen molar-refractivity contribution < 1.29 is 4.74 Å². The Morgan fingerprint density at radius 2 is 1.19 bits per heavy atom. The molecule has 6 rings (SSSR count). The quantitative estimate of drug-likeness (QED) is 0.331. The van der Waals surface area contributed by atoms with Gasteiger partial charge in [-0.1, -0.05) is 48.5 Å². The Hall–Kier alpha value is -3.36. The van der Waals surface area contributed by atoms with Crippen LogP contribution in [0.25, 0.3) is 11.1 Å². The minimum atomic E-state index is 0.293. The first-order chi connectivity index (χ1) is 15.7. The number of hydrogen-bond acceptors (Lipinski definition) is 2. The molecule has 2 atom stereocenters. The molecule has 0 aliphatic carbocycles. The highest BCUT2D eigenvalue weighted by Gasteiger charge is 2.37. The molecule has 32 heavy (non-hydrogen) atoms. The predicted octanol–water partition coefficient (Wildman–Crippen LogP) is 8.35. The molecule has 0 radical (unpaired) electrons. The Morgan fingerprint density at radius 3 is 1.78 bits per heavy atom. The van der Waals surface area contributed by atoms with Gasteiger partial charge < -0.3 is 9.64 Å². The van der Waals surface area contributed by atoms with E-state index in [-0.39, 0.29) is 0 Å². The molecule has 1 fully saturated rings. The zero-order valence-electron chi connectivity index (χ0n) is 18.6. The van der Waals surface area contributed by atoms with Gasteiger partial charge in [-0.05, 0) is 103 Å². The monoisotopic (exact) mass is 417 g/mol. The highest BCUT2D eigenvalue weighted by Crippen LogP contribution is 2.51. The SMILES string of the molecule is Cc1cc(N(c2ccccc2)c2ccccc2)cc(C)c1-c1ccc2c(c1)C1CCC2O1. The molecule has 4 aromatic carbocycles. The summed E-state index contributed by atoms with van der Waals surface area (Å²) in [4.78, 5) is 2.33. The Kier molecular flexibility index (Phi) is 4.62. The fraction of sp³-hybridized carbons (Fsp3) is 0.200. The number of para-hydroxylation sites is 2. The van der Waals surface area contributed by atoms with Crippen LogP contribution in [0.2, 0.25) is 0 Å². The van der Waals surface area contributed by atoms with Crippen molar-refractivity contribution in [1.82, 2.24) is 0 Å². The van der Waals surface area contributed by atoms with Crippen molar-refractivity contribution >= 4 is 17.1 Å². The maximum Gasteiger partial charge on any atom is 0.0838 e. The molecule has 4 aromatic rings. The Balaban J connectivity index is 1.45. The van der Waals surface area contributed by atoms with Crippen molar-refractivity contribution in [2.45, 2.75) is 38.9 Å². The lowest BCUT2D eigenvalue weighted by Crippen LogP contribution is -2.10. The van der Waals surface area contributed by atoms with Gasteiger partial charge in [0, 0.05) is 17.1 Å². The average molecular weight is 418 g/mol. The van der Waals surface area contributed by atoms with Crippen molar-refractivity contribution in [1.29, 1.82) is 0 Å². The van der Waals surface area contributed by atoms with Gasteiger partial charge in [-0.3, -0.25) is 0 Å². The van der Waals surface area contributed by atoms with E-state index in [0.29, 0.717) is 12.2 Å². The van der Waals surface area contributed by atoms with Crippen molar-refractivity contribution in [3.8, 4) is 11.1 Å². The fourth-order valence-corrected chi connectivity index (χ4v) is 5.52. The van der Waals surface area contributed by atoms with Crippen LogP contribution in [-0.4, -0.2) is 0 Å². The molecular formula is C30H27NO. The molecule has 0 spiro atoms. The van der Waals surface area contributed by atoms with E-state index >= 15 is 0 Å². The van der Waals surface area contributed by atoms with Crippen LogP contribution in [0, 0.1) is 13.8 Å². The first kappa shape index (κ1) is 19.3.